The molecule has 0 aliphatic heterocycles. The molecule has 1 aromatic carbocycles. The number of hydrogen-bond acceptors (Lipinski definition) is 4. The first kappa shape index (κ1) is 14.3. The van der Waals surface area contributed by atoms with E-state index in [-0.39, 0.29) is 12.3 Å². The van der Waals surface area contributed by atoms with Crippen LogP contribution in [0, 0.1) is 17.0 Å². The van der Waals surface area contributed by atoms with Gasteiger partial charge in [-0.25, -0.2) is 0 Å². The van der Waals surface area contributed by atoms with Gasteiger partial charge in [-0.05, 0) is 26.0 Å². The molecule has 0 atom stereocenters. The Kier molecular flexibility index (Phi) is 4.24. The van der Waals surface area contributed by atoms with E-state index in [2.05, 4.69) is 5.10 Å². The molecular weight excluding hydrogens is 282 g/mol. The van der Waals surface area contributed by atoms with E-state index in [1.807, 2.05) is 24.6 Å². The highest BCUT2D eigenvalue weighted by atomic mass is 35.5. The summed E-state index contributed by atoms with van der Waals surface area (Å²) in [6, 6.07) is 6.03. The second-order valence-electron chi connectivity index (χ2n) is 4.25. The zero-order chi connectivity index (χ0) is 14.7. The number of aryl methyl sites for hydroxylation is 2. The molecule has 6 nitrogen and oxygen atoms in total. The number of aromatic nitrogens is 2. The van der Waals surface area contributed by atoms with Crippen molar-refractivity contribution >= 4 is 17.3 Å². The van der Waals surface area contributed by atoms with Gasteiger partial charge in [0.1, 0.15) is 12.4 Å². The summed E-state index contributed by atoms with van der Waals surface area (Å²) < 4.78 is 7.39. The Balaban J connectivity index is 2.18. The topological polar surface area (TPSA) is 70.2 Å². The largest absolute Gasteiger partial charge is 0.485 e. The molecule has 0 saturated carbocycles. The SMILES string of the molecule is CCn1nc(C)cc1COc1cc([N+](=O)[O-])ccc1Cl. The summed E-state index contributed by atoms with van der Waals surface area (Å²) in [5.41, 5.74) is 1.74. The van der Waals surface area contributed by atoms with Crippen LogP contribution >= 0.6 is 11.6 Å². The third-order valence-electron chi connectivity index (χ3n) is 2.79. The second kappa shape index (κ2) is 5.92. The van der Waals surface area contributed by atoms with Crippen molar-refractivity contribution in [2.45, 2.75) is 27.0 Å². The van der Waals surface area contributed by atoms with Crippen molar-refractivity contribution in [2.75, 3.05) is 0 Å². The van der Waals surface area contributed by atoms with E-state index in [1.165, 1.54) is 18.2 Å². The summed E-state index contributed by atoms with van der Waals surface area (Å²) in [7, 11) is 0. The van der Waals surface area contributed by atoms with Crippen LogP contribution < -0.4 is 4.74 Å². The molecule has 106 valence electrons. The van der Waals surface area contributed by atoms with Crippen molar-refractivity contribution in [3.8, 4) is 5.75 Å². The Labute approximate surface area is 121 Å². The van der Waals surface area contributed by atoms with Gasteiger partial charge in [0.2, 0.25) is 0 Å². The lowest BCUT2D eigenvalue weighted by atomic mass is 10.3. The summed E-state index contributed by atoms with van der Waals surface area (Å²) in [5.74, 6) is 0.294. The molecule has 0 spiro atoms. The van der Waals surface area contributed by atoms with Crippen molar-refractivity contribution in [3.63, 3.8) is 0 Å². The number of nitro benzene ring substituents is 1. The zero-order valence-corrected chi connectivity index (χ0v) is 11.9. The standard InChI is InChI=1S/C13H14ClN3O3/c1-3-16-11(6-9(2)15-16)8-20-13-7-10(17(18)19)4-5-12(13)14/h4-7H,3,8H2,1-2H3. The van der Waals surface area contributed by atoms with Gasteiger partial charge in [-0.3, -0.25) is 14.8 Å². The first-order valence-corrected chi connectivity index (χ1v) is 6.49. The molecule has 0 radical (unpaired) electrons. The molecule has 0 saturated heterocycles. The van der Waals surface area contributed by atoms with E-state index >= 15 is 0 Å². The van der Waals surface area contributed by atoms with Crippen LogP contribution in [0.4, 0.5) is 5.69 Å². The van der Waals surface area contributed by atoms with Crippen molar-refractivity contribution < 1.29 is 9.66 Å². The van der Waals surface area contributed by atoms with Gasteiger partial charge in [0.15, 0.2) is 0 Å². The summed E-state index contributed by atoms with van der Waals surface area (Å²) in [4.78, 5) is 10.3. The summed E-state index contributed by atoms with van der Waals surface area (Å²) in [6.07, 6.45) is 0. The van der Waals surface area contributed by atoms with Crippen LogP contribution in [0.15, 0.2) is 24.3 Å². The highest BCUT2D eigenvalue weighted by Crippen LogP contribution is 2.29. The van der Waals surface area contributed by atoms with Gasteiger partial charge in [0.25, 0.3) is 5.69 Å². The number of benzene rings is 1. The Bertz CT molecular complexity index is 640. The van der Waals surface area contributed by atoms with Crippen molar-refractivity contribution in [1.82, 2.24) is 9.78 Å². The molecule has 0 aliphatic carbocycles. The molecule has 1 heterocycles. The molecule has 0 bridgehead atoms. The van der Waals surface area contributed by atoms with Gasteiger partial charge in [-0.15, -0.1) is 0 Å². The van der Waals surface area contributed by atoms with Crippen LogP contribution in [0.5, 0.6) is 5.75 Å². The zero-order valence-electron chi connectivity index (χ0n) is 11.2. The quantitative estimate of drug-likeness (QED) is 0.626. The molecule has 0 fully saturated rings. The summed E-state index contributed by atoms with van der Waals surface area (Å²) in [5, 5.41) is 15.4. The van der Waals surface area contributed by atoms with Crippen LogP contribution in [0.3, 0.4) is 0 Å². The van der Waals surface area contributed by atoms with E-state index in [0.717, 1.165) is 17.9 Å². The molecule has 0 unspecified atom stereocenters. The maximum Gasteiger partial charge on any atom is 0.273 e. The van der Waals surface area contributed by atoms with E-state index in [0.29, 0.717) is 10.8 Å². The maximum atomic E-state index is 10.7. The molecule has 20 heavy (non-hydrogen) atoms. The van der Waals surface area contributed by atoms with Crippen LogP contribution in [-0.4, -0.2) is 14.7 Å². The number of ether oxygens (including phenoxy) is 1. The van der Waals surface area contributed by atoms with Crippen molar-refractivity contribution in [2.24, 2.45) is 0 Å². The maximum absolute atomic E-state index is 10.7. The minimum absolute atomic E-state index is 0.0513. The van der Waals surface area contributed by atoms with Gasteiger partial charge < -0.3 is 4.74 Å². The van der Waals surface area contributed by atoms with Crippen LogP contribution in [-0.2, 0) is 13.2 Å². The average molecular weight is 296 g/mol. The van der Waals surface area contributed by atoms with Crippen molar-refractivity contribution in [1.29, 1.82) is 0 Å². The first-order valence-electron chi connectivity index (χ1n) is 6.11. The minimum Gasteiger partial charge on any atom is -0.485 e. The second-order valence-corrected chi connectivity index (χ2v) is 4.66. The number of nitrogens with zero attached hydrogens (tertiary/aromatic N) is 3. The minimum atomic E-state index is -0.483. The molecule has 1 aromatic heterocycles. The number of halogens is 1. The van der Waals surface area contributed by atoms with Gasteiger partial charge in [-0.2, -0.15) is 5.10 Å². The Morgan fingerprint density at radius 3 is 2.85 bits per heavy atom. The van der Waals surface area contributed by atoms with Gasteiger partial charge in [0, 0.05) is 12.6 Å². The Morgan fingerprint density at radius 1 is 1.45 bits per heavy atom. The fourth-order valence-electron chi connectivity index (χ4n) is 1.86. The molecule has 0 amide bonds. The highest BCUT2D eigenvalue weighted by molar-refractivity contribution is 6.32. The lowest BCUT2D eigenvalue weighted by molar-refractivity contribution is -0.384. The summed E-state index contributed by atoms with van der Waals surface area (Å²) >= 11 is 5.98. The molecule has 2 rings (SSSR count). The van der Waals surface area contributed by atoms with Crippen LogP contribution in [0.25, 0.3) is 0 Å². The summed E-state index contributed by atoms with van der Waals surface area (Å²) in [6.45, 7) is 4.87. The number of nitro groups is 1. The van der Waals surface area contributed by atoms with E-state index in [9.17, 15) is 10.1 Å². The van der Waals surface area contributed by atoms with Crippen LogP contribution in [0.2, 0.25) is 5.02 Å². The van der Waals surface area contributed by atoms with Crippen LogP contribution in [0.1, 0.15) is 18.3 Å². The van der Waals surface area contributed by atoms with Crippen molar-refractivity contribution in [3.05, 3.63) is 50.8 Å². The third-order valence-corrected chi connectivity index (χ3v) is 3.10. The third kappa shape index (κ3) is 3.08. The van der Waals surface area contributed by atoms with Gasteiger partial charge in [-0.1, -0.05) is 11.6 Å². The number of non-ortho nitro benzene ring substituents is 1. The average Bonchev–Trinajstić information content (AvgIpc) is 2.77. The Hall–Kier alpha value is -2.08. The van der Waals surface area contributed by atoms with Gasteiger partial charge in [0.05, 0.1) is 27.4 Å². The monoisotopic (exact) mass is 295 g/mol. The van der Waals surface area contributed by atoms with E-state index in [4.69, 9.17) is 16.3 Å². The van der Waals surface area contributed by atoms with Gasteiger partial charge >= 0.3 is 0 Å². The van der Waals surface area contributed by atoms with E-state index < -0.39 is 4.92 Å². The predicted molar refractivity (Wildman–Crippen MR) is 75.1 cm³/mol. The Morgan fingerprint density at radius 2 is 2.20 bits per heavy atom. The highest BCUT2D eigenvalue weighted by Gasteiger charge is 2.12. The fraction of sp³-hybridized carbons (Fsp3) is 0.308. The molecule has 2 aromatic rings. The lowest BCUT2D eigenvalue weighted by Gasteiger charge is -2.09. The smallest absolute Gasteiger partial charge is 0.273 e. The normalized spacial score (nSPS) is 10.6. The first-order chi connectivity index (χ1) is 9.51. The number of hydrogen-bond donors (Lipinski definition) is 0. The number of rotatable bonds is 5. The fourth-order valence-corrected chi connectivity index (χ4v) is 2.03. The molecule has 0 N–H and O–H groups in total. The lowest BCUT2D eigenvalue weighted by Crippen LogP contribution is -2.06. The van der Waals surface area contributed by atoms with E-state index in [1.54, 1.807) is 0 Å². The molecular formula is C13H14ClN3O3. The molecule has 0 aliphatic rings. The molecule has 7 heteroatoms. The predicted octanol–water partition coefficient (Wildman–Crippen LogP) is 3.35.